The molecule has 1 heterocycles. The number of hydrogen-bond acceptors (Lipinski definition) is 5. The van der Waals surface area contributed by atoms with Crippen molar-refractivity contribution in [2.24, 2.45) is 0 Å². The van der Waals surface area contributed by atoms with Gasteiger partial charge >= 0.3 is 5.97 Å². The molecule has 21 heavy (non-hydrogen) atoms. The van der Waals surface area contributed by atoms with Crippen LogP contribution in [0.15, 0.2) is 24.4 Å². The zero-order valence-electron chi connectivity index (χ0n) is 11.9. The van der Waals surface area contributed by atoms with Gasteiger partial charge in [0.2, 0.25) is 0 Å². The molecule has 0 aliphatic rings. The van der Waals surface area contributed by atoms with E-state index < -0.39 is 12.6 Å². The third-order valence-corrected chi connectivity index (χ3v) is 3.01. The van der Waals surface area contributed by atoms with Crippen molar-refractivity contribution in [1.82, 2.24) is 9.78 Å². The van der Waals surface area contributed by atoms with E-state index in [1.807, 2.05) is 0 Å². The van der Waals surface area contributed by atoms with Crippen LogP contribution in [0, 0.1) is 0 Å². The van der Waals surface area contributed by atoms with Crippen LogP contribution >= 0.6 is 0 Å². The molecule has 0 atom stereocenters. The molecule has 7 heteroatoms. The van der Waals surface area contributed by atoms with Crippen LogP contribution in [0.25, 0.3) is 5.69 Å². The fourth-order valence-corrected chi connectivity index (χ4v) is 1.95. The second kappa shape index (κ2) is 6.25. The highest BCUT2D eigenvalue weighted by Crippen LogP contribution is 2.29. The van der Waals surface area contributed by atoms with Crippen molar-refractivity contribution in [2.75, 3.05) is 21.3 Å². The molecule has 2 aromatic rings. The summed E-state index contributed by atoms with van der Waals surface area (Å²) in [5.41, 5.74) is 0.637. The highest BCUT2D eigenvalue weighted by atomic mass is 19.1. The molecule has 6 nitrogen and oxygen atoms in total. The first kappa shape index (κ1) is 14.8. The molecule has 0 aliphatic carbocycles. The van der Waals surface area contributed by atoms with Gasteiger partial charge in [-0.15, -0.1) is 0 Å². The van der Waals surface area contributed by atoms with Gasteiger partial charge in [-0.1, -0.05) is 0 Å². The van der Waals surface area contributed by atoms with E-state index in [1.165, 1.54) is 32.2 Å². The lowest BCUT2D eigenvalue weighted by atomic mass is 10.2. The second-order valence-corrected chi connectivity index (χ2v) is 4.08. The number of carbonyl (C=O) groups excluding carboxylic acids is 1. The maximum absolute atomic E-state index is 13.3. The Kier molecular flexibility index (Phi) is 4.42. The molecule has 0 fully saturated rings. The minimum Gasteiger partial charge on any atom is -0.497 e. The van der Waals surface area contributed by atoms with Gasteiger partial charge < -0.3 is 14.2 Å². The van der Waals surface area contributed by atoms with Crippen LogP contribution < -0.4 is 9.47 Å². The summed E-state index contributed by atoms with van der Waals surface area (Å²) < 4.78 is 29.6. The van der Waals surface area contributed by atoms with Crippen molar-refractivity contribution in [3.8, 4) is 17.2 Å². The average Bonchev–Trinajstić information content (AvgIpc) is 2.97. The molecule has 0 bridgehead atoms. The summed E-state index contributed by atoms with van der Waals surface area (Å²) in [6.07, 6.45) is 1.26. The number of ether oxygens (including phenoxy) is 3. The summed E-state index contributed by atoms with van der Waals surface area (Å²) in [5, 5.41) is 4.05. The van der Waals surface area contributed by atoms with Crippen molar-refractivity contribution in [3.05, 3.63) is 35.7 Å². The average molecular weight is 294 g/mol. The summed E-state index contributed by atoms with van der Waals surface area (Å²) in [7, 11) is 4.24. The molecule has 112 valence electrons. The highest BCUT2D eigenvalue weighted by Gasteiger charge is 2.21. The van der Waals surface area contributed by atoms with Crippen LogP contribution in [-0.2, 0) is 11.4 Å². The first-order valence-corrected chi connectivity index (χ1v) is 6.09. The van der Waals surface area contributed by atoms with E-state index in [0.29, 0.717) is 17.2 Å². The van der Waals surface area contributed by atoms with Gasteiger partial charge in [-0.25, -0.2) is 13.9 Å². The van der Waals surface area contributed by atoms with Gasteiger partial charge in [0.05, 0.1) is 33.2 Å². The third-order valence-electron chi connectivity index (χ3n) is 3.01. The number of carbonyl (C=O) groups is 1. The van der Waals surface area contributed by atoms with Crippen molar-refractivity contribution in [3.63, 3.8) is 0 Å². The minimum absolute atomic E-state index is 0.0740. The van der Waals surface area contributed by atoms with Gasteiger partial charge in [0.15, 0.2) is 0 Å². The molecular weight excluding hydrogens is 279 g/mol. The number of halogens is 1. The van der Waals surface area contributed by atoms with Crippen LogP contribution in [0.5, 0.6) is 11.5 Å². The zero-order chi connectivity index (χ0) is 15.4. The zero-order valence-corrected chi connectivity index (χ0v) is 11.9. The lowest BCUT2D eigenvalue weighted by Gasteiger charge is -2.12. The molecule has 0 aliphatic heterocycles. The van der Waals surface area contributed by atoms with E-state index in [9.17, 15) is 9.18 Å². The molecule has 0 spiro atoms. The van der Waals surface area contributed by atoms with E-state index >= 15 is 0 Å². The van der Waals surface area contributed by atoms with Gasteiger partial charge in [-0.05, 0) is 12.1 Å². The van der Waals surface area contributed by atoms with Crippen molar-refractivity contribution < 1.29 is 23.4 Å². The first-order chi connectivity index (χ1) is 10.2. The predicted octanol–water partition coefficient (Wildman–Crippen LogP) is 2.15. The van der Waals surface area contributed by atoms with Crippen LogP contribution in [-0.4, -0.2) is 37.1 Å². The molecule has 0 unspecified atom stereocenters. The Bertz CT molecular complexity index is 654. The molecule has 0 radical (unpaired) electrons. The Hall–Kier alpha value is -2.57. The normalized spacial score (nSPS) is 10.3. The van der Waals surface area contributed by atoms with Gasteiger partial charge in [0.25, 0.3) is 0 Å². The quantitative estimate of drug-likeness (QED) is 0.791. The van der Waals surface area contributed by atoms with E-state index in [4.69, 9.17) is 9.47 Å². The Balaban J connectivity index is 2.61. The molecule has 1 aromatic heterocycles. The minimum atomic E-state index is -0.870. The number of benzene rings is 1. The van der Waals surface area contributed by atoms with Gasteiger partial charge in [0.1, 0.15) is 29.4 Å². The summed E-state index contributed by atoms with van der Waals surface area (Å²) in [6.45, 7) is -0.870. The number of aromatic nitrogens is 2. The number of alkyl halides is 1. The van der Waals surface area contributed by atoms with Crippen LogP contribution in [0.2, 0.25) is 0 Å². The van der Waals surface area contributed by atoms with Crippen LogP contribution in [0.3, 0.4) is 0 Å². The summed E-state index contributed by atoms with van der Waals surface area (Å²) >= 11 is 0. The Labute approximate surface area is 121 Å². The van der Waals surface area contributed by atoms with E-state index in [2.05, 4.69) is 9.84 Å². The predicted molar refractivity (Wildman–Crippen MR) is 72.8 cm³/mol. The maximum Gasteiger partial charge on any atom is 0.341 e. The molecule has 0 saturated heterocycles. The third kappa shape index (κ3) is 2.67. The smallest absolute Gasteiger partial charge is 0.341 e. The Morgan fingerprint density at radius 1 is 1.29 bits per heavy atom. The summed E-state index contributed by atoms with van der Waals surface area (Å²) in [4.78, 5) is 11.6. The highest BCUT2D eigenvalue weighted by molar-refractivity contribution is 5.90. The standard InChI is InChI=1S/C14H15FN2O4/c1-19-9-4-5-13(20-2)11(6-9)17-12(7-15)10(8-16-17)14(18)21-3/h4-6,8H,7H2,1-3H3. The number of nitrogens with zero attached hydrogens (tertiary/aromatic N) is 2. The monoisotopic (exact) mass is 294 g/mol. The molecule has 0 amide bonds. The molecular formula is C14H15FN2O4. The van der Waals surface area contributed by atoms with Crippen molar-refractivity contribution >= 4 is 5.97 Å². The fourth-order valence-electron chi connectivity index (χ4n) is 1.95. The number of methoxy groups -OCH3 is 3. The number of esters is 1. The fraction of sp³-hybridized carbons (Fsp3) is 0.286. The van der Waals surface area contributed by atoms with E-state index in [-0.39, 0.29) is 11.3 Å². The second-order valence-electron chi connectivity index (χ2n) is 4.08. The topological polar surface area (TPSA) is 62.6 Å². The molecule has 0 saturated carbocycles. The number of hydrogen-bond donors (Lipinski definition) is 0. The maximum atomic E-state index is 13.3. The van der Waals surface area contributed by atoms with Gasteiger partial charge in [0, 0.05) is 6.07 Å². The Morgan fingerprint density at radius 2 is 2.05 bits per heavy atom. The largest absolute Gasteiger partial charge is 0.497 e. The SMILES string of the molecule is COC(=O)c1cnn(-c2cc(OC)ccc2OC)c1CF. The van der Waals surface area contributed by atoms with Gasteiger partial charge in [-0.3, -0.25) is 0 Å². The summed E-state index contributed by atoms with van der Waals surface area (Å²) in [6, 6.07) is 5.03. The Morgan fingerprint density at radius 3 is 2.62 bits per heavy atom. The van der Waals surface area contributed by atoms with E-state index in [0.717, 1.165) is 0 Å². The first-order valence-electron chi connectivity index (χ1n) is 6.09. The van der Waals surface area contributed by atoms with Crippen molar-refractivity contribution in [1.29, 1.82) is 0 Å². The van der Waals surface area contributed by atoms with Gasteiger partial charge in [-0.2, -0.15) is 5.10 Å². The van der Waals surface area contributed by atoms with Crippen molar-refractivity contribution in [2.45, 2.75) is 6.67 Å². The number of rotatable bonds is 5. The molecule has 1 aromatic carbocycles. The summed E-state index contributed by atoms with van der Waals surface area (Å²) in [5.74, 6) is 0.395. The molecule has 0 N–H and O–H groups in total. The van der Waals surface area contributed by atoms with Crippen LogP contribution in [0.4, 0.5) is 4.39 Å². The molecule has 2 rings (SSSR count). The van der Waals surface area contributed by atoms with Crippen LogP contribution in [0.1, 0.15) is 16.1 Å². The lowest BCUT2D eigenvalue weighted by molar-refractivity contribution is 0.0598. The lowest BCUT2D eigenvalue weighted by Crippen LogP contribution is -2.08. The van der Waals surface area contributed by atoms with E-state index in [1.54, 1.807) is 18.2 Å².